The third kappa shape index (κ3) is 3.49. The van der Waals surface area contributed by atoms with Crippen LogP contribution in [0.5, 0.6) is 0 Å². The summed E-state index contributed by atoms with van der Waals surface area (Å²) in [4.78, 5) is 0. The van der Waals surface area contributed by atoms with Crippen LogP contribution in [0.4, 0.5) is 0 Å². The average molecular weight is 82.1 g/mol. The quantitative estimate of drug-likeness (QED) is 0.468. The summed E-state index contributed by atoms with van der Waals surface area (Å²) in [5, 5.41) is 7.93. The van der Waals surface area contributed by atoms with Gasteiger partial charge in [0.2, 0.25) is 0 Å². The van der Waals surface area contributed by atoms with Crippen molar-refractivity contribution < 1.29 is 0 Å². The Labute approximate surface area is 38.6 Å². The SMILES string of the molecule is CC(C)[CH]C#N. The molecule has 0 aliphatic carbocycles. The summed E-state index contributed by atoms with van der Waals surface area (Å²) in [6.07, 6.45) is 1.60. The standard InChI is InChI=1S/C5H8N/c1-5(2)3-4-6/h3,5H,1-2H3. The molecule has 0 aromatic carbocycles. The molecule has 0 aromatic heterocycles. The smallest absolute Gasteiger partial charge is 0.0672 e. The van der Waals surface area contributed by atoms with E-state index in [1.165, 1.54) is 0 Å². The summed E-state index contributed by atoms with van der Waals surface area (Å²) >= 11 is 0. The molecule has 0 rings (SSSR count). The highest BCUT2D eigenvalue weighted by Crippen LogP contribution is 1.92. The van der Waals surface area contributed by atoms with Gasteiger partial charge in [0.05, 0.1) is 12.5 Å². The Hall–Kier alpha value is -0.510. The molecule has 0 fully saturated rings. The highest BCUT2D eigenvalue weighted by Gasteiger charge is 1.86. The minimum atomic E-state index is 0.412. The van der Waals surface area contributed by atoms with Gasteiger partial charge in [0.25, 0.3) is 0 Å². The van der Waals surface area contributed by atoms with Crippen LogP contribution < -0.4 is 0 Å². The summed E-state index contributed by atoms with van der Waals surface area (Å²) in [6, 6.07) is 1.94. The predicted molar refractivity (Wildman–Crippen MR) is 24.8 cm³/mol. The second kappa shape index (κ2) is 2.71. The fraction of sp³-hybridized carbons (Fsp3) is 0.600. The van der Waals surface area contributed by atoms with Crippen LogP contribution in [0.3, 0.4) is 0 Å². The molecular formula is C5H8N. The number of nitriles is 1. The highest BCUT2D eigenvalue weighted by molar-refractivity contribution is 4.92. The third-order valence-electron chi connectivity index (χ3n) is 0.408. The van der Waals surface area contributed by atoms with Crippen LogP contribution in [-0.4, -0.2) is 0 Å². The molecule has 1 heteroatoms. The van der Waals surface area contributed by atoms with E-state index in [-0.39, 0.29) is 0 Å². The van der Waals surface area contributed by atoms with Crippen molar-refractivity contribution in [3.05, 3.63) is 6.42 Å². The van der Waals surface area contributed by atoms with E-state index in [4.69, 9.17) is 5.26 Å². The zero-order valence-electron chi connectivity index (χ0n) is 4.10. The molecule has 0 aromatic rings. The Morgan fingerprint density at radius 2 is 2.17 bits per heavy atom. The van der Waals surface area contributed by atoms with E-state index in [2.05, 4.69) is 0 Å². The molecule has 1 radical (unpaired) electrons. The normalized spacial score (nSPS) is 8.33. The van der Waals surface area contributed by atoms with Crippen LogP contribution in [0.2, 0.25) is 0 Å². The molecule has 0 bridgehead atoms. The lowest BCUT2D eigenvalue weighted by molar-refractivity contribution is 0.789. The van der Waals surface area contributed by atoms with Crippen molar-refractivity contribution in [3.8, 4) is 6.07 Å². The zero-order valence-corrected chi connectivity index (χ0v) is 4.10. The van der Waals surface area contributed by atoms with Crippen LogP contribution in [0, 0.1) is 23.7 Å². The third-order valence-corrected chi connectivity index (χ3v) is 0.408. The lowest BCUT2D eigenvalue weighted by atomic mass is 10.2. The molecule has 33 valence electrons. The van der Waals surface area contributed by atoms with Gasteiger partial charge in [-0.05, 0) is 5.92 Å². The van der Waals surface area contributed by atoms with Crippen LogP contribution in [-0.2, 0) is 0 Å². The molecule has 0 amide bonds. The molecule has 0 aliphatic rings. The van der Waals surface area contributed by atoms with Crippen LogP contribution in [0.25, 0.3) is 0 Å². The van der Waals surface area contributed by atoms with E-state index < -0.39 is 0 Å². The number of nitrogens with zero attached hydrogens (tertiary/aromatic N) is 1. The second-order valence-electron chi connectivity index (χ2n) is 1.54. The molecule has 0 atom stereocenters. The Bertz CT molecular complexity index is 58.8. The molecule has 0 heterocycles. The Morgan fingerprint density at radius 1 is 1.67 bits per heavy atom. The van der Waals surface area contributed by atoms with Crippen molar-refractivity contribution in [2.45, 2.75) is 13.8 Å². The maximum atomic E-state index is 7.93. The van der Waals surface area contributed by atoms with Gasteiger partial charge in [-0.2, -0.15) is 5.26 Å². The average Bonchev–Trinajstić information content (AvgIpc) is 1.35. The van der Waals surface area contributed by atoms with E-state index in [1.807, 2.05) is 19.9 Å². The molecule has 6 heavy (non-hydrogen) atoms. The van der Waals surface area contributed by atoms with Gasteiger partial charge in [-0.3, -0.25) is 0 Å². The van der Waals surface area contributed by atoms with Crippen molar-refractivity contribution in [2.75, 3.05) is 0 Å². The fourth-order valence-corrected chi connectivity index (χ4v) is 0.149. The molecule has 0 saturated carbocycles. The first-order valence-electron chi connectivity index (χ1n) is 2.00. The predicted octanol–water partition coefficient (Wildman–Crippen LogP) is 1.37. The topological polar surface area (TPSA) is 23.8 Å². The Kier molecular flexibility index (Phi) is 2.48. The number of rotatable bonds is 1. The first kappa shape index (κ1) is 5.49. The van der Waals surface area contributed by atoms with Crippen molar-refractivity contribution in [1.82, 2.24) is 0 Å². The van der Waals surface area contributed by atoms with E-state index in [1.54, 1.807) is 6.42 Å². The lowest BCUT2D eigenvalue weighted by Gasteiger charge is -1.87. The van der Waals surface area contributed by atoms with Gasteiger partial charge in [0.15, 0.2) is 0 Å². The zero-order chi connectivity index (χ0) is 4.99. The largest absolute Gasteiger partial charge is 0.198 e. The molecular weight excluding hydrogens is 74.1 g/mol. The van der Waals surface area contributed by atoms with Crippen molar-refractivity contribution >= 4 is 0 Å². The number of hydrogen-bond donors (Lipinski definition) is 0. The van der Waals surface area contributed by atoms with Crippen molar-refractivity contribution in [2.24, 2.45) is 5.92 Å². The summed E-state index contributed by atoms with van der Waals surface area (Å²) in [7, 11) is 0. The first-order valence-corrected chi connectivity index (χ1v) is 2.00. The van der Waals surface area contributed by atoms with Crippen molar-refractivity contribution in [3.63, 3.8) is 0 Å². The van der Waals surface area contributed by atoms with E-state index >= 15 is 0 Å². The van der Waals surface area contributed by atoms with Crippen LogP contribution in [0.1, 0.15) is 13.8 Å². The summed E-state index contributed by atoms with van der Waals surface area (Å²) in [5.41, 5.74) is 0. The molecule has 0 spiro atoms. The Morgan fingerprint density at radius 3 is 2.17 bits per heavy atom. The minimum Gasteiger partial charge on any atom is -0.198 e. The minimum absolute atomic E-state index is 0.412. The maximum absolute atomic E-state index is 7.93. The number of hydrogen-bond acceptors (Lipinski definition) is 1. The van der Waals surface area contributed by atoms with E-state index in [9.17, 15) is 0 Å². The molecule has 0 aliphatic heterocycles. The van der Waals surface area contributed by atoms with Gasteiger partial charge in [0.1, 0.15) is 0 Å². The maximum Gasteiger partial charge on any atom is 0.0672 e. The van der Waals surface area contributed by atoms with Gasteiger partial charge in [0, 0.05) is 0 Å². The fourth-order valence-electron chi connectivity index (χ4n) is 0.149. The van der Waals surface area contributed by atoms with E-state index in [0.717, 1.165) is 0 Å². The van der Waals surface area contributed by atoms with Crippen LogP contribution >= 0.6 is 0 Å². The highest BCUT2D eigenvalue weighted by atomic mass is 14.2. The van der Waals surface area contributed by atoms with E-state index in [0.29, 0.717) is 5.92 Å². The second-order valence-corrected chi connectivity index (χ2v) is 1.54. The summed E-state index contributed by atoms with van der Waals surface area (Å²) in [5.74, 6) is 0.412. The molecule has 0 saturated heterocycles. The van der Waals surface area contributed by atoms with Gasteiger partial charge >= 0.3 is 0 Å². The summed E-state index contributed by atoms with van der Waals surface area (Å²) in [6.45, 7) is 3.95. The van der Waals surface area contributed by atoms with Gasteiger partial charge in [-0.1, -0.05) is 13.8 Å². The molecule has 0 unspecified atom stereocenters. The summed E-state index contributed by atoms with van der Waals surface area (Å²) < 4.78 is 0. The monoisotopic (exact) mass is 82.1 g/mol. The van der Waals surface area contributed by atoms with Crippen molar-refractivity contribution in [1.29, 1.82) is 5.26 Å². The lowest BCUT2D eigenvalue weighted by Crippen LogP contribution is -1.81. The molecule has 1 nitrogen and oxygen atoms in total. The van der Waals surface area contributed by atoms with Gasteiger partial charge in [-0.25, -0.2) is 0 Å². The van der Waals surface area contributed by atoms with Crippen LogP contribution in [0.15, 0.2) is 0 Å². The van der Waals surface area contributed by atoms with Gasteiger partial charge in [-0.15, -0.1) is 0 Å². The van der Waals surface area contributed by atoms with Gasteiger partial charge < -0.3 is 0 Å². The molecule has 0 N–H and O–H groups in total. The first-order chi connectivity index (χ1) is 2.77. The Balaban J connectivity index is 2.88.